The highest BCUT2D eigenvalue weighted by atomic mass is 79.9. The van der Waals surface area contributed by atoms with Gasteiger partial charge in [-0.25, -0.2) is 0 Å². The minimum Gasteiger partial charge on any atom is -0.508 e. The molecular weight excluding hydrogens is 208 g/mol. The molecule has 1 unspecified atom stereocenters. The molecule has 58 valence electrons. The zero-order valence-corrected chi connectivity index (χ0v) is 7.28. The molecule has 0 spiro atoms. The molecule has 0 amide bonds. The normalized spacial score (nSPS) is 12.5. The van der Waals surface area contributed by atoms with Crippen molar-refractivity contribution in [3.05, 3.63) is 29.8 Å². The summed E-state index contributed by atoms with van der Waals surface area (Å²) in [4.78, 5) is 9.89. The van der Waals surface area contributed by atoms with Gasteiger partial charge in [0, 0.05) is 5.56 Å². The van der Waals surface area contributed by atoms with Crippen LogP contribution in [0.3, 0.4) is 0 Å². The molecule has 0 aromatic heterocycles. The van der Waals surface area contributed by atoms with Gasteiger partial charge in [0.25, 0.3) is 0 Å². The zero-order valence-electron chi connectivity index (χ0n) is 5.70. The second-order valence-corrected chi connectivity index (χ2v) is 3.08. The van der Waals surface area contributed by atoms with Crippen molar-refractivity contribution in [2.45, 2.75) is 4.83 Å². The number of alkyl halides is 1. The monoisotopic (exact) mass is 214 g/mol. The Morgan fingerprint density at radius 1 is 1.45 bits per heavy atom. The van der Waals surface area contributed by atoms with E-state index in [1.54, 1.807) is 24.3 Å². The molecule has 0 radical (unpaired) electrons. The van der Waals surface area contributed by atoms with Crippen molar-refractivity contribution in [3.8, 4) is 5.75 Å². The first-order valence-corrected chi connectivity index (χ1v) is 4.04. The summed E-state index contributed by atoms with van der Waals surface area (Å²) in [6.07, 6.45) is 0.731. The van der Waals surface area contributed by atoms with Crippen LogP contribution in [-0.4, -0.2) is 11.4 Å². The Labute approximate surface area is 73.0 Å². The molecule has 0 bridgehead atoms. The van der Waals surface area contributed by atoms with E-state index < -0.39 is 4.83 Å². The smallest absolute Gasteiger partial charge is 0.138 e. The number of phenolic OH excluding ortho intramolecular Hbond substituents is 1. The number of rotatable bonds is 2. The van der Waals surface area contributed by atoms with Crippen LogP contribution in [0.15, 0.2) is 24.3 Å². The summed E-state index contributed by atoms with van der Waals surface area (Å²) in [7, 11) is 0. The van der Waals surface area contributed by atoms with Crippen LogP contribution in [0.25, 0.3) is 0 Å². The molecule has 0 saturated heterocycles. The van der Waals surface area contributed by atoms with Gasteiger partial charge < -0.3 is 9.90 Å². The maximum absolute atomic E-state index is 10.3. The number of carbonyl (C=O) groups excluding carboxylic acids is 1. The zero-order chi connectivity index (χ0) is 8.27. The summed E-state index contributed by atoms with van der Waals surface area (Å²) in [6.45, 7) is 0. The van der Waals surface area contributed by atoms with E-state index in [9.17, 15) is 9.90 Å². The molecule has 1 aromatic rings. The van der Waals surface area contributed by atoms with Crippen LogP contribution in [0.1, 0.15) is 10.4 Å². The van der Waals surface area contributed by atoms with E-state index in [1.807, 2.05) is 0 Å². The quantitative estimate of drug-likeness (QED) is 0.605. The molecule has 3 heteroatoms. The summed E-state index contributed by atoms with van der Waals surface area (Å²) in [5.74, 6) is 0.140. The Hall–Kier alpha value is -0.830. The predicted octanol–water partition coefficient (Wildman–Crippen LogP) is 2.03. The summed E-state index contributed by atoms with van der Waals surface area (Å²) >= 11 is 3.11. The highest BCUT2D eigenvalue weighted by Gasteiger charge is 2.08. The van der Waals surface area contributed by atoms with Gasteiger partial charge in [-0.05, 0) is 6.07 Å². The number of hydrogen-bond acceptors (Lipinski definition) is 2. The van der Waals surface area contributed by atoms with Crippen LogP contribution in [-0.2, 0) is 4.79 Å². The Morgan fingerprint density at radius 2 is 2.09 bits per heavy atom. The van der Waals surface area contributed by atoms with Gasteiger partial charge in [0.1, 0.15) is 12.0 Å². The minimum absolute atomic E-state index is 0.140. The SMILES string of the molecule is O=CC(Br)c1ccccc1O. The average Bonchev–Trinajstić information content (AvgIpc) is 2.04. The van der Waals surface area contributed by atoms with Crippen molar-refractivity contribution in [2.24, 2.45) is 0 Å². The lowest BCUT2D eigenvalue weighted by atomic mass is 10.1. The van der Waals surface area contributed by atoms with Crippen molar-refractivity contribution in [1.29, 1.82) is 0 Å². The first kappa shape index (κ1) is 8.27. The number of benzene rings is 1. The fourth-order valence-electron chi connectivity index (χ4n) is 0.794. The Bertz CT molecular complexity index is 260. The van der Waals surface area contributed by atoms with Gasteiger partial charge in [-0.15, -0.1) is 0 Å². The van der Waals surface area contributed by atoms with Gasteiger partial charge in [0.2, 0.25) is 0 Å². The Morgan fingerprint density at radius 3 is 2.64 bits per heavy atom. The second kappa shape index (κ2) is 3.53. The van der Waals surface area contributed by atoms with Gasteiger partial charge >= 0.3 is 0 Å². The van der Waals surface area contributed by atoms with E-state index in [2.05, 4.69) is 15.9 Å². The number of phenols is 1. The molecule has 1 atom stereocenters. The molecule has 1 rings (SSSR count). The standard InChI is InChI=1S/C8H7BrO2/c9-7(5-10)6-3-1-2-4-8(6)11/h1-5,7,11H. The van der Waals surface area contributed by atoms with Gasteiger partial charge in [-0.1, -0.05) is 34.1 Å². The Balaban J connectivity index is 3.02. The van der Waals surface area contributed by atoms with E-state index in [1.165, 1.54) is 0 Å². The van der Waals surface area contributed by atoms with Crippen LogP contribution < -0.4 is 0 Å². The molecule has 0 heterocycles. The van der Waals surface area contributed by atoms with Crippen LogP contribution in [0.4, 0.5) is 0 Å². The van der Waals surface area contributed by atoms with Crippen molar-refractivity contribution < 1.29 is 9.90 Å². The lowest BCUT2D eigenvalue weighted by molar-refractivity contribution is -0.107. The van der Waals surface area contributed by atoms with E-state index in [0.717, 1.165) is 6.29 Å². The molecule has 0 saturated carbocycles. The minimum atomic E-state index is -0.413. The van der Waals surface area contributed by atoms with Crippen LogP contribution in [0.5, 0.6) is 5.75 Å². The lowest BCUT2D eigenvalue weighted by Crippen LogP contribution is -1.89. The van der Waals surface area contributed by atoms with Crippen molar-refractivity contribution in [2.75, 3.05) is 0 Å². The third-order valence-electron chi connectivity index (χ3n) is 1.35. The highest BCUT2D eigenvalue weighted by Crippen LogP contribution is 2.27. The number of aromatic hydroxyl groups is 1. The van der Waals surface area contributed by atoms with Gasteiger partial charge in [0.05, 0.1) is 4.83 Å². The third-order valence-corrected chi connectivity index (χ3v) is 2.06. The molecular formula is C8H7BrO2. The summed E-state index contributed by atoms with van der Waals surface area (Å²) in [6, 6.07) is 6.73. The van der Waals surface area contributed by atoms with Crippen LogP contribution in [0, 0.1) is 0 Å². The highest BCUT2D eigenvalue weighted by molar-refractivity contribution is 9.09. The van der Waals surface area contributed by atoms with Crippen LogP contribution in [0.2, 0.25) is 0 Å². The van der Waals surface area contributed by atoms with Crippen molar-refractivity contribution >= 4 is 22.2 Å². The molecule has 1 aromatic carbocycles. The second-order valence-electron chi connectivity index (χ2n) is 2.10. The van der Waals surface area contributed by atoms with Crippen molar-refractivity contribution in [3.63, 3.8) is 0 Å². The number of aldehydes is 1. The Kier molecular flexibility index (Phi) is 2.65. The maximum Gasteiger partial charge on any atom is 0.138 e. The number of hydrogen-bond donors (Lipinski definition) is 1. The maximum atomic E-state index is 10.3. The van der Waals surface area contributed by atoms with Gasteiger partial charge in [0.15, 0.2) is 0 Å². The number of para-hydroxylation sites is 1. The molecule has 0 fully saturated rings. The number of halogens is 1. The lowest BCUT2D eigenvalue weighted by Gasteiger charge is -2.03. The largest absolute Gasteiger partial charge is 0.508 e. The average molecular weight is 215 g/mol. The summed E-state index contributed by atoms with van der Waals surface area (Å²) in [5, 5.41) is 9.22. The fraction of sp³-hybridized carbons (Fsp3) is 0.125. The first-order chi connectivity index (χ1) is 5.25. The van der Waals surface area contributed by atoms with Gasteiger partial charge in [-0.3, -0.25) is 0 Å². The fourth-order valence-corrected chi connectivity index (χ4v) is 1.18. The van der Waals surface area contributed by atoms with Crippen molar-refractivity contribution in [1.82, 2.24) is 0 Å². The van der Waals surface area contributed by atoms with E-state index in [-0.39, 0.29) is 5.75 Å². The van der Waals surface area contributed by atoms with Gasteiger partial charge in [-0.2, -0.15) is 0 Å². The summed E-state index contributed by atoms with van der Waals surface area (Å²) in [5.41, 5.74) is 0.600. The third kappa shape index (κ3) is 1.80. The predicted molar refractivity (Wildman–Crippen MR) is 45.8 cm³/mol. The molecule has 1 N–H and O–H groups in total. The van der Waals surface area contributed by atoms with Crippen LogP contribution >= 0.6 is 15.9 Å². The molecule has 0 aliphatic rings. The molecule has 11 heavy (non-hydrogen) atoms. The number of carbonyl (C=O) groups is 1. The topological polar surface area (TPSA) is 37.3 Å². The molecule has 0 aliphatic heterocycles. The first-order valence-electron chi connectivity index (χ1n) is 3.13. The van der Waals surface area contributed by atoms with E-state index >= 15 is 0 Å². The molecule has 0 aliphatic carbocycles. The van der Waals surface area contributed by atoms with E-state index in [0.29, 0.717) is 5.56 Å². The summed E-state index contributed by atoms with van der Waals surface area (Å²) < 4.78 is 0. The van der Waals surface area contributed by atoms with E-state index in [4.69, 9.17) is 0 Å². The molecule has 2 nitrogen and oxygen atoms in total.